The average molecular weight is 375 g/mol. The van der Waals surface area contributed by atoms with Crippen molar-refractivity contribution >= 4 is 17.8 Å². The van der Waals surface area contributed by atoms with Crippen molar-refractivity contribution in [2.24, 2.45) is 5.92 Å². The third-order valence-electron chi connectivity index (χ3n) is 4.30. The monoisotopic (exact) mass is 375 g/mol. The van der Waals surface area contributed by atoms with E-state index in [1.807, 2.05) is 19.1 Å². The standard InChI is InChI=1S/C21H29NO5/c1-4-5-7-10-16(2)18(15-27-20(24)14-13-19(23)26-3)22-21(25)17-11-8-6-9-12-17/h4-5,7,10,13-14,17-18H,2,6,8-9,11-12,15H2,1,3H3,(H,22,25)/b5-4-,10-7-,14-13+/t18-/m1/s1. The number of carbonyl (C=O) groups excluding carboxylic acids is 3. The molecule has 6 heteroatoms. The van der Waals surface area contributed by atoms with E-state index in [0.717, 1.165) is 44.3 Å². The van der Waals surface area contributed by atoms with E-state index in [1.165, 1.54) is 7.11 Å². The molecule has 1 aliphatic carbocycles. The zero-order valence-electron chi connectivity index (χ0n) is 16.1. The number of hydrogen-bond acceptors (Lipinski definition) is 5. The quantitative estimate of drug-likeness (QED) is 0.381. The molecule has 0 saturated heterocycles. The normalized spacial score (nSPS) is 16.5. The van der Waals surface area contributed by atoms with Crippen molar-refractivity contribution in [3.05, 3.63) is 48.6 Å². The van der Waals surface area contributed by atoms with Crippen molar-refractivity contribution in [3.8, 4) is 0 Å². The second kappa shape index (κ2) is 12.7. The highest BCUT2D eigenvalue weighted by Gasteiger charge is 2.24. The van der Waals surface area contributed by atoms with Crippen LogP contribution in [0.5, 0.6) is 0 Å². The Kier molecular flexibility index (Phi) is 10.5. The molecule has 1 atom stereocenters. The van der Waals surface area contributed by atoms with E-state index in [2.05, 4.69) is 16.6 Å². The van der Waals surface area contributed by atoms with Crippen LogP contribution in [0.15, 0.2) is 48.6 Å². The summed E-state index contributed by atoms with van der Waals surface area (Å²) >= 11 is 0. The molecule has 6 nitrogen and oxygen atoms in total. The third-order valence-corrected chi connectivity index (χ3v) is 4.30. The van der Waals surface area contributed by atoms with E-state index in [9.17, 15) is 14.4 Å². The van der Waals surface area contributed by atoms with Gasteiger partial charge in [-0.05, 0) is 25.3 Å². The first kappa shape index (κ1) is 22.4. The molecule has 1 rings (SSSR count). The number of hydrogen-bond donors (Lipinski definition) is 1. The number of amides is 1. The number of methoxy groups -OCH3 is 1. The highest BCUT2D eigenvalue weighted by molar-refractivity contribution is 5.91. The Morgan fingerprint density at radius 1 is 1.07 bits per heavy atom. The molecule has 1 fully saturated rings. The summed E-state index contributed by atoms with van der Waals surface area (Å²) in [7, 11) is 1.22. The van der Waals surface area contributed by atoms with E-state index >= 15 is 0 Å². The Morgan fingerprint density at radius 2 is 1.74 bits per heavy atom. The summed E-state index contributed by atoms with van der Waals surface area (Å²) in [5.41, 5.74) is 0.627. The van der Waals surface area contributed by atoms with Gasteiger partial charge in [0.15, 0.2) is 0 Å². The maximum atomic E-state index is 12.5. The Labute approximate surface area is 161 Å². The van der Waals surface area contributed by atoms with E-state index in [-0.39, 0.29) is 18.4 Å². The molecule has 0 heterocycles. The first-order valence-corrected chi connectivity index (χ1v) is 9.19. The predicted octanol–water partition coefficient (Wildman–Crippen LogP) is 3.01. The van der Waals surface area contributed by atoms with Gasteiger partial charge in [-0.3, -0.25) is 4.79 Å². The maximum absolute atomic E-state index is 12.5. The number of nitrogens with one attached hydrogen (secondary N) is 1. The molecular formula is C21H29NO5. The van der Waals surface area contributed by atoms with Crippen molar-refractivity contribution in [3.63, 3.8) is 0 Å². The molecule has 0 spiro atoms. The number of esters is 2. The van der Waals surface area contributed by atoms with Gasteiger partial charge in [-0.2, -0.15) is 0 Å². The van der Waals surface area contributed by atoms with Crippen LogP contribution in [-0.2, 0) is 23.9 Å². The van der Waals surface area contributed by atoms with Crippen molar-refractivity contribution in [2.75, 3.05) is 13.7 Å². The molecule has 0 aliphatic heterocycles. The third kappa shape index (κ3) is 9.03. The van der Waals surface area contributed by atoms with Crippen LogP contribution in [0.1, 0.15) is 39.0 Å². The van der Waals surface area contributed by atoms with E-state index in [0.29, 0.717) is 5.57 Å². The van der Waals surface area contributed by atoms with Gasteiger partial charge in [0.05, 0.1) is 13.2 Å². The largest absolute Gasteiger partial charge is 0.466 e. The van der Waals surface area contributed by atoms with E-state index in [4.69, 9.17) is 4.74 Å². The fourth-order valence-electron chi connectivity index (χ4n) is 2.72. The lowest BCUT2D eigenvalue weighted by Gasteiger charge is -2.25. The molecule has 27 heavy (non-hydrogen) atoms. The Hall–Kier alpha value is -2.63. The lowest BCUT2D eigenvalue weighted by molar-refractivity contribution is -0.140. The predicted molar refractivity (Wildman–Crippen MR) is 104 cm³/mol. The van der Waals surface area contributed by atoms with Crippen molar-refractivity contribution in [1.29, 1.82) is 0 Å². The van der Waals surface area contributed by atoms with Crippen LogP contribution in [0.3, 0.4) is 0 Å². The summed E-state index contributed by atoms with van der Waals surface area (Å²) in [6.45, 7) is 5.80. The minimum Gasteiger partial charge on any atom is -0.466 e. The molecule has 1 aliphatic rings. The summed E-state index contributed by atoms with van der Waals surface area (Å²) in [4.78, 5) is 35.3. The zero-order chi connectivity index (χ0) is 20.1. The Balaban J connectivity index is 2.70. The molecule has 0 radical (unpaired) electrons. The summed E-state index contributed by atoms with van der Waals surface area (Å²) in [6.07, 6.45) is 14.3. The van der Waals surface area contributed by atoms with Gasteiger partial charge in [-0.15, -0.1) is 0 Å². The minimum absolute atomic E-state index is 0.0107. The minimum atomic E-state index is -0.692. The van der Waals surface area contributed by atoms with Crippen LogP contribution in [0.4, 0.5) is 0 Å². The highest BCUT2D eigenvalue weighted by Crippen LogP contribution is 2.24. The molecule has 1 N–H and O–H groups in total. The molecule has 1 saturated carbocycles. The SMILES string of the molecule is C=C(/C=C\C=C/C)[C@@H](COC(=O)/C=C/C(=O)OC)NC(=O)C1CCCCC1. The van der Waals surface area contributed by atoms with Crippen molar-refractivity contribution in [1.82, 2.24) is 5.32 Å². The molecule has 0 bridgehead atoms. The summed E-state index contributed by atoms with van der Waals surface area (Å²) in [6, 6.07) is -0.531. The molecule has 0 aromatic rings. The lowest BCUT2D eigenvalue weighted by atomic mass is 9.88. The topological polar surface area (TPSA) is 81.7 Å². The summed E-state index contributed by atoms with van der Waals surface area (Å²) in [5, 5.41) is 2.94. The second-order valence-corrected chi connectivity index (χ2v) is 6.34. The van der Waals surface area contributed by atoms with Crippen LogP contribution in [0.2, 0.25) is 0 Å². The fourth-order valence-corrected chi connectivity index (χ4v) is 2.72. The average Bonchev–Trinajstić information content (AvgIpc) is 2.69. The smallest absolute Gasteiger partial charge is 0.331 e. The van der Waals surface area contributed by atoms with Gasteiger partial charge < -0.3 is 14.8 Å². The van der Waals surface area contributed by atoms with Crippen LogP contribution < -0.4 is 5.32 Å². The number of ether oxygens (including phenoxy) is 2. The summed E-state index contributed by atoms with van der Waals surface area (Å²) < 4.78 is 9.57. The maximum Gasteiger partial charge on any atom is 0.331 e. The van der Waals surface area contributed by atoms with Gasteiger partial charge >= 0.3 is 11.9 Å². The van der Waals surface area contributed by atoms with Gasteiger partial charge in [-0.25, -0.2) is 9.59 Å². The molecule has 0 aromatic heterocycles. The molecule has 0 unspecified atom stereocenters. The van der Waals surface area contributed by atoms with Crippen LogP contribution in [0.25, 0.3) is 0 Å². The first-order chi connectivity index (χ1) is 13.0. The Bertz CT molecular complexity index is 612. The van der Waals surface area contributed by atoms with Gasteiger partial charge in [-0.1, -0.05) is 50.1 Å². The molecule has 0 aromatic carbocycles. The van der Waals surface area contributed by atoms with Crippen LogP contribution in [-0.4, -0.2) is 37.6 Å². The van der Waals surface area contributed by atoms with Crippen molar-refractivity contribution in [2.45, 2.75) is 45.1 Å². The van der Waals surface area contributed by atoms with E-state index in [1.54, 1.807) is 12.2 Å². The molecular weight excluding hydrogens is 346 g/mol. The zero-order valence-corrected chi connectivity index (χ0v) is 16.1. The molecule has 148 valence electrons. The highest BCUT2D eigenvalue weighted by atomic mass is 16.5. The molecule has 1 amide bonds. The second-order valence-electron chi connectivity index (χ2n) is 6.34. The van der Waals surface area contributed by atoms with E-state index < -0.39 is 18.0 Å². The number of rotatable bonds is 9. The van der Waals surface area contributed by atoms with Gasteiger partial charge in [0.25, 0.3) is 0 Å². The number of carbonyl (C=O) groups is 3. The van der Waals surface area contributed by atoms with Crippen LogP contribution >= 0.6 is 0 Å². The van der Waals surface area contributed by atoms with Crippen LogP contribution in [0, 0.1) is 5.92 Å². The van der Waals surface area contributed by atoms with Gasteiger partial charge in [0.1, 0.15) is 6.61 Å². The van der Waals surface area contributed by atoms with Crippen molar-refractivity contribution < 1.29 is 23.9 Å². The lowest BCUT2D eigenvalue weighted by Crippen LogP contribution is -2.43. The van der Waals surface area contributed by atoms with Gasteiger partial charge in [0, 0.05) is 18.1 Å². The Morgan fingerprint density at radius 3 is 2.37 bits per heavy atom. The number of allylic oxidation sites excluding steroid dienone is 3. The van der Waals surface area contributed by atoms with Gasteiger partial charge in [0.2, 0.25) is 5.91 Å². The first-order valence-electron chi connectivity index (χ1n) is 9.19. The summed E-state index contributed by atoms with van der Waals surface area (Å²) in [5.74, 6) is -1.39. The fraction of sp³-hybridized carbons (Fsp3) is 0.476.